The number of likely N-dealkylation sites (tertiary alicyclic amines) is 1. The minimum absolute atomic E-state index is 0.00531. The maximum Gasteiger partial charge on any atom is 0.224 e. The summed E-state index contributed by atoms with van der Waals surface area (Å²) in [5.41, 5.74) is 2.38. The fraction of sp³-hybridized carbons (Fsp3) is 0.381. The van der Waals surface area contributed by atoms with Crippen LogP contribution < -0.4 is 5.32 Å². The van der Waals surface area contributed by atoms with Gasteiger partial charge in [0.1, 0.15) is 0 Å². The lowest BCUT2D eigenvalue weighted by atomic mass is 9.96. The van der Waals surface area contributed by atoms with E-state index in [1.54, 1.807) is 0 Å². The fourth-order valence-electron chi connectivity index (χ4n) is 3.42. The van der Waals surface area contributed by atoms with Crippen molar-refractivity contribution in [2.75, 3.05) is 13.1 Å². The van der Waals surface area contributed by atoms with E-state index >= 15 is 0 Å². The zero-order valence-electron chi connectivity index (χ0n) is 14.6. The van der Waals surface area contributed by atoms with E-state index in [4.69, 9.17) is 11.6 Å². The lowest BCUT2D eigenvalue weighted by molar-refractivity contribution is -0.127. The number of nitrogens with zero attached hydrogens (tertiary/aromatic N) is 1. The maximum atomic E-state index is 12.7. The van der Waals surface area contributed by atoms with Crippen LogP contribution in [-0.2, 0) is 11.3 Å². The molecule has 2 atom stereocenters. The third-order valence-corrected chi connectivity index (χ3v) is 5.11. The molecule has 2 aromatic rings. The standard InChI is InChI=1S/C21H25ClN2O/c1-16(18-9-11-20(22)12-10-18)23-21(25)19-8-5-13-24(15-19)14-17-6-3-2-4-7-17/h2-4,6-7,9-12,16,19H,5,8,13-15H2,1H3,(H,23,25). The van der Waals surface area contributed by atoms with Crippen LogP contribution in [0.5, 0.6) is 0 Å². The Hall–Kier alpha value is -1.84. The molecule has 0 spiro atoms. The quantitative estimate of drug-likeness (QED) is 0.859. The normalized spacial score (nSPS) is 19.4. The lowest BCUT2D eigenvalue weighted by Gasteiger charge is -2.32. The summed E-state index contributed by atoms with van der Waals surface area (Å²) >= 11 is 5.93. The molecule has 2 unspecified atom stereocenters. The molecule has 0 saturated carbocycles. The number of piperidine rings is 1. The van der Waals surface area contributed by atoms with Crippen molar-refractivity contribution in [3.63, 3.8) is 0 Å². The summed E-state index contributed by atoms with van der Waals surface area (Å²) < 4.78 is 0. The molecule has 0 bridgehead atoms. The Morgan fingerprint density at radius 2 is 1.92 bits per heavy atom. The Balaban J connectivity index is 1.55. The Morgan fingerprint density at radius 1 is 1.20 bits per heavy atom. The van der Waals surface area contributed by atoms with Crippen molar-refractivity contribution in [3.8, 4) is 0 Å². The Morgan fingerprint density at radius 3 is 2.64 bits per heavy atom. The van der Waals surface area contributed by atoms with E-state index in [-0.39, 0.29) is 17.9 Å². The molecule has 3 nitrogen and oxygen atoms in total. The number of carbonyl (C=O) groups excluding carboxylic acids is 1. The molecule has 1 aliphatic heterocycles. The number of amides is 1. The van der Waals surface area contributed by atoms with Gasteiger partial charge in [-0.25, -0.2) is 0 Å². The summed E-state index contributed by atoms with van der Waals surface area (Å²) in [4.78, 5) is 15.1. The first-order valence-electron chi connectivity index (χ1n) is 8.94. The highest BCUT2D eigenvalue weighted by atomic mass is 35.5. The predicted molar refractivity (Wildman–Crippen MR) is 102 cm³/mol. The van der Waals surface area contributed by atoms with Crippen LogP contribution in [-0.4, -0.2) is 23.9 Å². The molecule has 0 aromatic heterocycles. The van der Waals surface area contributed by atoms with Gasteiger partial charge >= 0.3 is 0 Å². The molecule has 1 amide bonds. The molecule has 4 heteroatoms. The first-order valence-corrected chi connectivity index (χ1v) is 9.32. The molecule has 1 aliphatic rings. The third-order valence-electron chi connectivity index (χ3n) is 4.85. The van der Waals surface area contributed by atoms with Crippen molar-refractivity contribution < 1.29 is 4.79 Å². The van der Waals surface area contributed by atoms with Crippen molar-refractivity contribution in [1.82, 2.24) is 10.2 Å². The molecule has 1 N–H and O–H groups in total. The third kappa shape index (κ3) is 5.07. The van der Waals surface area contributed by atoms with Gasteiger partial charge in [-0.1, -0.05) is 54.1 Å². The zero-order valence-corrected chi connectivity index (χ0v) is 15.4. The highest BCUT2D eigenvalue weighted by Gasteiger charge is 2.26. The summed E-state index contributed by atoms with van der Waals surface area (Å²) in [5, 5.41) is 3.88. The molecule has 2 aromatic carbocycles. The van der Waals surface area contributed by atoms with E-state index in [1.165, 1.54) is 5.56 Å². The van der Waals surface area contributed by atoms with Crippen LogP contribution in [0.4, 0.5) is 0 Å². The van der Waals surface area contributed by atoms with Gasteiger partial charge in [-0.3, -0.25) is 9.69 Å². The van der Waals surface area contributed by atoms with Gasteiger partial charge in [-0.05, 0) is 49.6 Å². The first kappa shape index (κ1) is 18.0. The van der Waals surface area contributed by atoms with Gasteiger partial charge in [0.25, 0.3) is 0 Å². The second-order valence-corrected chi connectivity index (χ2v) is 7.28. The zero-order chi connectivity index (χ0) is 17.6. The van der Waals surface area contributed by atoms with Crippen molar-refractivity contribution in [2.45, 2.75) is 32.4 Å². The number of halogens is 1. The van der Waals surface area contributed by atoms with Crippen LogP contribution in [0.3, 0.4) is 0 Å². The summed E-state index contributed by atoms with van der Waals surface area (Å²) in [5.74, 6) is 0.215. The van der Waals surface area contributed by atoms with Crippen molar-refractivity contribution in [1.29, 1.82) is 0 Å². The number of rotatable bonds is 5. The smallest absolute Gasteiger partial charge is 0.224 e. The monoisotopic (exact) mass is 356 g/mol. The topological polar surface area (TPSA) is 32.3 Å². The largest absolute Gasteiger partial charge is 0.349 e. The van der Waals surface area contributed by atoms with Gasteiger partial charge < -0.3 is 5.32 Å². The number of hydrogen-bond acceptors (Lipinski definition) is 2. The predicted octanol–water partition coefficient (Wildman–Crippen LogP) is 4.43. The Labute approximate surface area is 155 Å². The SMILES string of the molecule is CC(NC(=O)C1CCCN(Cc2ccccc2)C1)c1ccc(Cl)cc1. The molecular weight excluding hydrogens is 332 g/mol. The first-order chi connectivity index (χ1) is 12.1. The van der Waals surface area contributed by atoms with Crippen molar-refractivity contribution >= 4 is 17.5 Å². The van der Waals surface area contributed by atoms with Crippen LogP contribution in [0.1, 0.15) is 36.9 Å². The Bertz CT molecular complexity index is 687. The van der Waals surface area contributed by atoms with Crippen LogP contribution in [0.25, 0.3) is 0 Å². The molecule has 25 heavy (non-hydrogen) atoms. The minimum Gasteiger partial charge on any atom is -0.349 e. The van der Waals surface area contributed by atoms with Gasteiger partial charge in [-0.2, -0.15) is 0 Å². The van der Waals surface area contributed by atoms with Gasteiger partial charge in [-0.15, -0.1) is 0 Å². The summed E-state index contributed by atoms with van der Waals surface area (Å²) in [6, 6.07) is 18.1. The van der Waals surface area contributed by atoms with E-state index in [0.29, 0.717) is 5.02 Å². The summed E-state index contributed by atoms with van der Waals surface area (Å²) in [6.45, 7) is 4.82. The Kier molecular flexibility index (Phi) is 6.11. The molecule has 0 aliphatic carbocycles. The van der Waals surface area contributed by atoms with Crippen molar-refractivity contribution in [3.05, 3.63) is 70.7 Å². The molecule has 1 saturated heterocycles. The average Bonchev–Trinajstić information content (AvgIpc) is 2.63. The van der Waals surface area contributed by atoms with Gasteiger partial charge in [0.15, 0.2) is 0 Å². The van der Waals surface area contributed by atoms with Crippen LogP contribution >= 0.6 is 11.6 Å². The van der Waals surface area contributed by atoms with Crippen LogP contribution in [0.2, 0.25) is 5.02 Å². The van der Waals surface area contributed by atoms with Gasteiger partial charge in [0.2, 0.25) is 5.91 Å². The number of benzene rings is 2. The number of nitrogens with one attached hydrogen (secondary N) is 1. The summed E-state index contributed by atoms with van der Waals surface area (Å²) in [7, 11) is 0. The molecule has 1 fully saturated rings. The molecule has 0 radical (unpaired) electrons. The van der Waals surface area contributed by atoms with E-state index in [2.05, 4.69) is 34.5 Å². The van der Waals surface area contributed by atoms with Crippen LogP contribution in [0, 0.1) is 5.92 Å². The van der Waals surface area contributed by atoms with Crippen LogP contribution in [0.15, 0.2) is 54.6 Å². The molecule has 3 rings (SSSR count). The fourth-order valence-corrected chi connectivity index (χ4v) is 3.55. The maximum absolute atomic E-state index is 12.7. The lowest BCUT2D eigenvalue weighted by Crippen LogP contribution is -2.43. The second kappa shape index (κ2) is 8.50. The van der Waals surface area contributed by atoms with E-state index in [0.717, 1.165) is 38.0 Å². The van der Waals surface area contributed by atoms with Gasteiger partial charge in [0, 0.05) is 18.1 Å². The minimum atomic E-state index is -0.00531. The number of hydrogen-bond donors (Lipinski definition) is 1. The van der Waals surface area contributed by atoms with E-state index in [9.17, 15) is 4.79 Å². The highest BCUT2D eigenvalue weighted by molar-refractivity contribution is 6.30. The highest BCUT2D eigenvalue weighted by Crippen LogP contribution is 2.21. The van der Waals surface area contributed by atoms with E-state index < -0.39 is 0 Å². The average molecular weight is 357 g/mol. The molecule has 1 heterocycles. The van der Waals surface area contributed by atoms with Crippen molar-refractivity contribution in [2.24, 2.45) is 5.92 Å². The summed E-state index contributed by atoms with van der Waals surface area (Å²) in [6.07, 6.45) is 2.03. The second-order valence-electron chi connectivity index (χ2n) is 6.84. The molecular formula is C21H25ClN2O. The van der Waals surface area contributed by atoms with Gasteiger partial charge in [0.05, 0.1) is 12.0 Å². The van der Waals surface area contributed by atoms with E-state index in [1.807, 2.05) is 37.3 Å². The number of carbonyl (C=O) groups is 1. The molecule has 132 valence electrons.